The second kappa shape index (κ2) is 12.4. The second-order valence-electron chi connectivity index (χ2n) is 13.8. The molecule has 1 aliphatic heterocycles. The minimum absolute atomic E-state index is 0.0601. The van der Waals surface area contributed by atoms with Gasteiger partial charge in [-0.1, -0.05) is 18.6 Å². The Hall–Kier alpha value is -3.66. The molecule has 3 aromatic rings. The van der Waals surface area contributed by atoms with E-state index >= 15 is 0 Å². The molecule has 2 aliphatic carbocycles. The minimum atomic E-state index is -0.669. The molecular formula is C34H45N5O5. The summed E-state index contributed by atoms with van der Waals surface area (Å²) in [6, 6.07) is 9.62. The predicted octanol–water partition coefficient (Wildman–Crippen LogP) is 6.56. The van der Waals surface area contributed by atoms with Gasteiger partial charge in [-0.25, -0.2) is 14.3 Å². The number of anilines is 1. The van der Waals surface area contributed by atoms with Gasteiger partial charge in [0, 0.05) is 43.0 Å². The van der Waals surface area contributed by atoms with E-state index in [0.717, 1.165) is 62.6 Å². The number of carbonyl (C=O) groups excluding carboxylic acids is 2. The van der Waals surface area contributed by atoms with Crippen LogP contribution in [0, 0.1) is 5.92 Å². The Morgan fingerprint density at radius 2 is 1.77 bits per heavy atom. The van der Waals surface area contributed by atoms with Crippen LogP contribution in [0.4, 0.5) is 10.5 Å². The highest BCUT2D eigenvalue weighted by atomic mass is 16.6. The number of carbonyl (C=O) groups is 2. The molecule has 3 heterocycles. The summed E-state index contributed by atoms with van der Waals surface area (Å²) in [6.45, 7) is 9.59. The lowest BCUT2D eigenvalue weighted by atomic mass is 9.86. The Labute approximate surface area is 259 Å². The highest BCUT2D eigenvalue weighted by molar-refractivity contribution is 5.95. The van der Waals surface area contributed by atoms with Gasteiger partial charge in [-0.05, 0) is 97.1 Å². The first-order valence-corrected chi connectivity index (χ1v) is 16.1. The number of nitrogens with zero attached hydrogens (tertiary/aromatic N) is 4. The molecule has 44 heavy (non-hydrogen) atoms. The van der Waals surface area contributed by atoms with Gasteiger partial charge in [0.25, 0.3) is 5.91 Å². The third kappa shape index (κ3) is 7.17. The van der Waals surface area contributed by atoms with Crippen LogP contribution >= 0.6 is 0 Å². The normalized spacial score (nSPS) is 19.0. The number of benzene rings is 1. The van der Waals surface area contributed by atoms with Gasteiger partial charge >= 0.3 is 6.09 Å². The van der Waals surface area contributed by atoms with Crippen LogP contribution in [0.5, 0.6) is 5.88 Å². The molecule has 3 aliphatic rings. The third-order valence-electron chi connectivity index (χ3n) is 8.73. The van der Waals surface area contributed by atoms with E-state index in [2.05, 4.69) is 12.2 Å². The Morgan fingerprint density at radius 1 is 1.07 bits per heavy atom. The molecule has 1 aromatic carbocycles. The molecule has 0 unspecified atom stereocenters. The van der Waals surface area contributed by atoms with Gasteiger partial charge in [-0.2, -0.15) is 0 Å². The highest BCUT2D eigenvalue weighted by Gasteiger charge is 2.33. The second-order valence-corrected chi connectivity index (χ2v) is 13.8. The number of hydrogen-bond acceptors (Lipinski definition) is 7. The zero-order valence-corrected chi connectivity index (χ0v) is 26.4. The Kier molecular flexibility index (Phi) is 8.55. The predicted molar refractivity (Wildman–Crippen MR) is 168 cm³/mol. The molecule has 10 nitrogen and oxygen atoms in total. The van der Waals surface area contributed by atoms with Crippen molar-refractivity contribution in [2.45, 2.75) is 103 Å². The minimum Gasteiger partial charge on any atom is -0.470 e. The standard InChI is InChI=1S/C34H45N5O5/c1-33(2,3)44-32(41)38(22-23-14-18-42-19-15-23)27-20-29(43-34(4)16-6-5-7-17-34)37-39-28(21-35-30(27)39)24-8-10-25(11-9-24)31(40)36-26-12-13-26/h8-11,20-21,23,26H,5-7,12-19,22H2,1-4H3,(H,36,40). The molecule has 0 radical (unpaired) electrons. The first-order chi connectivity index (χ1) is 21.1. The molecule has 0 spiro atoms. The van der Waals surface area contributed by atoms with Crippen LogP contribution < -0.4 is 15.0 Å². The summed E-state index contributed by atoms with van der Waals surface area (Å²) in [5, 5.41) is 7.97. The van der Waals surface area contributed by atoms with E-state index in [9.17, 15) is 9.59 Å². The van der Waals surface area contributed by atoms with Crippen LogP contribution in [0.3, 0.4) is 0 Å². The maximum absolute atomic E-state index is 13.8. The topological polar surface area (TPSA) is 107 Å². The zero-order chi connectivity index (χ0) is 30.9. The fourth-order valence-electron chi connectivity index (χ4n) is 6.09. The molecular weight excluding hydrogens is 558 g/mol. The van der Waals surface area contributed by atoms with Crippen molar-refractivity contribution >= 4 is 23.3 Å². The molecule has 1 saturated heterocycles. The average molecular weight is 604 g/mol. The van der Waals surface area contributed by atoms with Gasteiger partial charge in [-0.3, -0.25) is 9.69 Å². The van der Waals surface area contributed by atoms with E-state index in [1.807, 2.05) is 51.1 Å². The van der Waals surface area contributed by atoms with Crippen LogP contribution in [-0.2, 0) is 9.47 Å². The van der Waals surface area contributed by atoms with Crippen LogP contribution in [0.1, 0.15) is 95.8 Å². The summed E-state index contributed by atoms with van der Waals surface area (Å²) < 4.78 is 20.0. The lowest BCUT2D eigenvalue weighted by Gasteiger charge is -2.34. The van der Waals surface area contributed by atoms with Crippen LogP contribution in [-0.4, -0.2) is 63.6 Å². The van der Waals surface area contributed by atoms with Gasteiger partial charge in [-0.15, -0.1) is 5.10 Å². The molecule has 236 valence electrons. The quantitative estimate of drug-likeness (QED) is 0.311. The van der Waals surface area contributed by atoms with Gasteiger partial charge in [0.05, 0.1) is 17.6 Å². The summed E-state index contributed by atoms with van der Waals surface area (Å²) in [5.41, 5.74) is 2.34. The number of amides is 2. The number of fused-ring (bicyclic) bond motifs is 1. The number of imidazole rings is 1. The SMILES string of the molecule is CC(C)(C)OC(=O)N(CC1CCOCC1)c1cc(OC2(C)CCCCC2)nn2c(-c3ccc(C(=O)NC4CC4)cc3)cnc12. The van der Waals surface area contributed by atoms with E-state index in [4.69, 9.17) is 24.3 Å². The molecule has 2 aromatic heterocycles. The van der Waals surface area contributed by atoms with Crippen molar-refractivity contribution in [2.24, 2.45) is 5.92 Å². The largest absolute Gasteiger partial charge is 0.470 e. The number of ether oxygens (including phenoxy) is 3. The molecule has 6 rings (SSSR count). The Balaban J connectivity index is 1.41. The molecule has 10 heteroatoms. The van der Waals surface area contributed by atoms with E-state index in [-0.39, 0.29) is 17.4 Å². The van der Waals surface area contributed by atoms with E-state index in [1.165, 1.54) is 6.42 Å². The van der Waals surface area contributed by atoms with Crippen molar-refractivity contribution in [3.05, 3.63) is 42.1 Å². The molecule has 2 amide bonds. The van der Waals surface area contributed by atoms with E-state index in [1.54, 1.807) is 15.6 Å². The monoisotopic (exact) mass is 603 g/mol. The Bertz CT molecular complexity index is 1480. The third-order valence-corrected chi connectivity index (χ3v) is 8.73. The first kappa shape index (κ1) is 30.4. The van der Waals surface area contributed by atoms with Crippen LogP contribution in [0.2, 0.25) is 0 Å². The van der Waals surface area contributed by atoms with Gasteiger partial charge < -0.3 is 19.5 Å². The summed E-state index contributed by atoms with van der Waals surface area (Å²) in [5.74, 6) is 0.640. The molecule has 0 bridgehead atoms. The summed E-state index contributed by atoms with van der Waals surface area (Å²) >= 11 is 0. The van der Waals surface area contributed by atoms with Gasteiger partial charge in [0.2, 0.25) is 5.88 Å². The Morgan fingerprint density at radius 3 is 2.43 bits per heavy atom. The maximum atomic E-state index is 13.8. The van der Waals surface area contributed by atoms with Crippen molar-refractivity contribution < 1.29 is 23.8 Å². The number of hydrogen-bond donors (Lipinski definition) is 1. The van der Waals surface area contributed by atoms with Crippen LogP contribution in [0.15, 0.2) is 36.5 Å². The lowest BCUT2D eigenvalue weighted by molar-refractivity contribution is 0.0428. The smallest absolute Gasteiger partial charge is 0.414 e. The molecule has 3 fully saturated rings. The van der Waals surface area contributed by atoms with E-state index in [0.29, 0.717) is 48.6 Å². The summed E-state index contributed by atoms with van der Waals surface area (Å²) in [4.78, 5) is 32.9. The van der Waals surface area contributed by atoms with Crippen molar-refractivity contribution in [2.75, 3.05) is 24.7 Å². The number of nitrogens with one attached hydrogen (secondary N) is 1. The van der Waals surface area contributed by atoms with Gasteiger partial charge in [0.15, 0.2) is 5.65 Å². The number of rotatable bonds is 8. The van der Waals surface area contributed by atoms with E-state index < -0.39 is 11.7 Å². The average Bonchev–Trinajstić information content (AvgIpc) is 3.70. The highest BCUT2D eigenvalue weighted by Crippen LogP contribution is 2.36. The molecule has 0 atom stereocenters. The fraction of sp³-hybridized carbons (Fsp3) is 0.588. The molecule has 1 N–H and O–H groups in total. The van der Waals surface area contributed by atoms with Crippen molar-refractivity contribution in [1.29, 1.82) is 0 Å². The molecule has 2 saturated carbocycles. The summed E-state index contributed by atoms with van der Waals surface area (Å²) in [6.07, 6.45) is 10.4. The van der Waals surface area contributed by atoms with Crippen molar-refractivity contribution in [3.8, 4) is 17.1 Å². The van der Waals surface area contributed by atoms with Crippen molar-refractivity contribution in [1.82, 2.24) is 19.9 Å². The number of aromatic nitrogens is 3. The first-order valence-electron chi connectivity index (χ1n) is 16.1. The van der Waals surface area contributed by atoms with Crippen molar-refractivity contribution in [3.63, 3.8) is 0 Å². The lowest BCUT2D eigenvalue weighted by Crippen LogP contribution is -2.41. The fourth-order valence-corrected chi connectivity index (χ4v) is 6.09. The zero-order valence-electron chi connectivity index (χ0n) is 26.4. The van der Waals surface area contributed by atoms with Crippen LogP contribution in [0.25, 0.3) is 16.9 Å². The van der Waals surface area contributed by atoms with Gasteiger partial charge in [0.1, 0.15) is 11.2 Å². The maximum Gasteiger partial charge on any atom is 0.414 e. The summed E-state index contributed by atoms with van der Waals surface area (Å²) in [7, 11) is 0.